The summed E-state index contributed by atoms with van der Waals surface area (Å²) in [6.07, 6.45) is 1.62. The van der Waals surface area contributed by atoms with Gasteiger partial charge in [0.1, 0.15) is 0 Å². The van der Waals surface area contributed by atoms with Gasteiger partial charge < -0.3 is 10.0 Å². The van der Waals surface area contributed by atoms with Crippen molar-refractivity contribution in [3.63, 3.8) is 0 Å². The standard InChI is InChI=1S/C9H15NO5S/c1-3-4-7-8(15-16(2,13)14)5-6-10(7)9(11)12/h3,7-8H,1,4-6H2,2H3,(H,11,12). The minimum atomic E-state index is -3.56. The molecule has 1 aliphatic heterocycles. The molecule has 0 radical (unpaired) electrons. The fourth-order valence-electron chi connectivity index (χ4n) is 1.85. The van der Waals surface area contributed by atoms with E-state index < -0.39 is 28.4 Å². The summed E-state index contributed by atoms with van der Waals surface area (Å²) < 4.78 is 26.9. The second-order valence-electron chi connectivity index (χ2n) is 3.70. The van der Waals surface area contributed by atoms with Crippen molar-refractivity contribution in [1.82, 2.24) is 4.90 Å². The largest absolute Gasteiger partial charge is 0.465 e. The third kappa shape index (κ3) is 3.21. The van der Waals surface area contributed by atoms with Gasteiger partial charge in [0.15, 0.2) is 0 Å². The van der Waals surface area contributed by atoms with Gasteiger partial charge in [0, 0.05) is 6.54 Å². The van der Waals surface area contributed by atoms with Crippen molar-refractivity contribution >= 4 is 16.2 Å². The summed E-state index contributed by atoms with van der Waals surface area (Å²) in [6.45, 7) is 3.81. The molecule has 1 amide bonds. The van der Waals surface area contributed by atoms with Crippen LogP contribution < -0.4 is 0 Å². The lowest BCUT2D eigenvalue weighted by Gasteiger charge is -2.24. The number of carbonyl (C=O) groups is 1. The number of rotatable bonds is 4. The van der Waals surface area contributed by atoms with Gasteiger partial charge in [0.2, 0.25) is 0 Å². The van der Waals surface area contributed by atoms with Crippen LogP contribution in [0, 0.1) is 0 Å². The second-order valence-corrected chi connectivity index (χ2v) is 5.30. The molecule has 2 unspecified atom stereocenters. The van der Waals surface area contributed by atoms with Crippen LogP contribution in [0.2, 0.25) is 0 Å². The molecule has 1 N–H and O–H groups in total. The Morgan fingerprint density at radius 2 is 2.31 bits per heavy atom. The van der Waals surface area contributed by atoms with Crippen molar-refractivity contribution in [3.8, 4) is 0 Å². The number of hydrogen-bond acceptors (Lipinski definition) is 4. The predicted molar refractivity (Wildman–Crippen MR) is 57.7 cm³/mol. The Bertz CT molecular complexity index is 377. The highest BCUT2D eigenvalue weighted by molar-refractivity contribution is 7.86. The van der Waals surface area contributed by atoms with Crippen LogP contribution in [0.15, 0.2) is 12.7 Å². The molecule has 2 atom stereocenters. The highest BCUT2D eigenvalue weighted by Crippen LogP contribution is 2.25. The first kappa shape index (κ1) is 13.0. The number of amides is 1. The van der Waals surface area contributed by atoms with E-state index in [0.29, 0.717) is 12.8 Å². The molecule has 1 fully saturated rings. The summed E-state index contributed by atoms with van der Waals surface area (Å²) in [4.78, 5) is 12.1. The quantitative estimate of drug-likeness (QED) is 0.584. The third-order valence-corrected chi connectivity index (χ3v) is 3.03. The molecule has 0 bridgehead atoms. The summed E-state index contributed by atoms with van der Waals surface area (Å²) in [5, 5.41) is 8.91. The number of nitrogens with zero attached hydrogens (tertiary/aromatic N) is 1. The van der Waals surface area contributed by atoms with Crippen molar-refractivity contribution < 1.29 is 22.5 Å². The van der Waals surface area contributed by atoms with Crippen molar-refractivity contribution in [3.05, 3.63) is 12.7 Å². The summed E-state index contributed by atoms with van der Waals surface area (Å²) in [7, 11) is -3.56. The second kappa shape index (κ2) is 4.84. The van der Waals surface area contributed by atoms with E-state index >= 15 is 0 Å². The number of carboxylic acid groups (broad SMARTS) is 1. The zero-order chi connectivity index (χ0) is 12.3. The summed E-state index contributed by atoms with van der Waals surface area (Å²) in [6, 6.07) is -0.468. The van der Waals surface area contributed by atoms with E-state index in [9.17, 15) is 13.2 Å². The molecule has 0 aliphatic carbocycles. The first-order valence-electron chi connectivity index (χ1n) is 4.84. The molecule has 6 nitrogen and oxygen atoms in total. The lowest BCUT2D eigenvalue weighted by molar-refractivity contribution is 0.115. The molecule has 0 aromatic carbocycles. The van der Waals surface area contributed by atoms with Crippen LogP contribution >= 0.6 is 0 Å². The maximum Gasteiger partial charge on any atom is 0.407 e. The average molecular weight is 249 g/mol. The normalized spacial score (nSPS) is 25.7. The molecule has 0 saturated carbocycles. The molecular weight excluding hydrogens is 234 g/mol. The van der Waals surface area contributed by atoms with E-state index in [2.05, 4.69) is 6.58 Å². The van der Waals surface area contributed by atoms with Crippen molar-refractivity contribution in [1.29, 1.82) is 0 Å². The highest BCUT2D eigenvalue weighted by atomic mass is 32.2. The van der Waals surface area contributed by atoms with Gasteiger partial charge in [-0.3, -0.25) is 4.18 Å². The van der Waals surface area contributed by atoms with Crippen LogP contribution in [0.5, 0.6) is 0 Å². The number of hydrogen-bond donors (Lipinski definition) is 1. The van der Waals surface area contributed by atoms with Gasteiger partial charge in [-0.15, -0.1) is 6.58 Å². The van der Waals surface area contributed by atoms with E-state index in [1.54, 1.807) is 6.08 Å². The smallest absolute Gasteiger partial charge is 0.407 e. The van der Waals surface area contributed by atoms with Gasteiger partial charge in [-0.1, -0.05) is 6.08 Å². The Hall–Kier alpha value is -1.08. The predicted octanol–water partition coefficient (Wildman–Crippen LogP) is 0.660. The van der Waals surface area contributed by atoms with Crippen LogP contribution in [-0.4, -0.2) is 49.5 Å². The van der Waals surface area contributed by atoms with Gasteiger partial charge >= 0.3 is 6.09 Å². The van der Waals surface area contributed by atoms with Crippen LogP contribution in [-0.2, 0) is 14.3 Å². The van der Waals surface area contributed by atoms with Crippen LogP contribution in [0.25, 0.3) is 0 Å². The maximum absolute atomic E-state index is 11.0. The molecule has 0 aromatic rings. The SMILES string of the molecule is C=CCC1C(OS(C)(=O)=O)CCN1C(=O)O. The van der Waals surface area contributed by atoms with Gasteiger partial charge in [-0.05, 0) is 12.8 Å². The lowest BCUT2D eigenvalue weighted by atomic mass is 10.1. The Balaban J connectivity index is 2.79. The molecular formula is C9H15NO5S. The van der Waals surface area contributed by atoms with Crippen molar-refractivity contribution in [2.75, 3.05) is 12.8 Å². The summed E-state index contributed by atoms with van der Waals surface area (Å²) in [5.41, 5.74) is 0. The molecule has 1 heterocycles. The Labute approximate surface area is 94.6 Å². The Kier molecular flexibility index (Phi) is 3.93. The molecule has 0 aromatic heterocycles. The molecule has 0 spiro atoms. The Morgan fingerprint density at radius 1 is 1.69 bits per heavy atom. The first-order chi connectivity index (χ1) is 7.35. The maximum atomic E-state index is 11.0. The number of likely N-dealkylation sites (tertiary alicyclic amines) is 1. The Morgan fingerprint density at radius 3 is 2.75 bits per heavy atom. The molecule has 7 heteroatoms. The van der Waals surface area contributed by atoms with E-state index in [0.717, 1.165) is 6.26 Å². The third-order valence-electron chi connectivity index (χ3n) is 2.44. The molecule has 92 valence electrons. The van der Waals surface area contributed by atoms with Crippen molar-refractivity contribution in [2.24, 2.45) is 0 Å². The fourth-order valence-corrected chi connectivity index (χ4v) is 2.52. The minimum absolute atomic E-state index is 0.286. The van der Waals surface area contributed by atoms with E-state index in [-0.39, 0.29) is 6.54 Å². The van der Waals surface area contributed by atoms with Gasteiger partial charge in [0.05, 0.1) is 18.4 Å². The van der Waals surface area contributed by atoms with Crippen LogP contribution in [0.1, 0.15) is 12.8 Å². The fraction of sp³-hybridized carbons (Fsp3) is 0.667. The van der Waals surface area contributed by atoms with E-state index in [1.807, 2.05) is 0 Å². The average Bonchev–Trinajstić information content (AvgIpc) is 2.47. The topological polar surface area (TPSA) is 83.9 Å². The van der Waals surface area contributed by atoms with E-state index in [1.165, 1.54) is 4.90 Å². The van der Waals surface area contributed by atoms with Crippen molar-refractivity contribution in [2.45, 2.75) is 25.0 Å². The van der Waals surface area contributed by atoms with Gasteiger partial charge in [-0.25, -0.2) is 4.79 Å². The summed E-state index contributed by atoms with van der Waals surface area (Å²) >= 11 is 0. The lowest BCUT2D eigenvalue weighted by Crippen LogP contribution is -2.39. The minimum Gasteiger partial charge on any atom is -0.465 e. The van der Waals surface area contributed by atoms with E-state index in [4.69, 9.17) is 9.29 Å². The molecule has 1 rings (SSSR count). The summed E-state index contributed by atoms with van der Waals surface area (Å²) in [5.74, 6) is 0. The van der Waals surface area contributed by atoms with Crippen LogP contribution in [0.3, 0.4) is 0 Å². The van der Waals surface area contributed by atoms with Gasteiger partial charge in [0.25, 0.3) is 10.1 Å². The van der Waals surface area contributed by atoms with Crippen LogP contribution in [0.4, 0.5) is 4.79 Å². The van der Waals surface area contributed by atoms with Gasteiger partial charge in [-0.2, -0.15) is 8.42 Å². The molecule has 1 saturated heterocycles. The first-order valence-corrected chi connectivity index (χ1v) is 6.65. The zero-order valence-corrected chi connectivity index (χ0v) is 9.81. The molecule has 16 heavy (non-hydrogen) atoms. The molecule has 1 aliphatic rings. The highest BCUT2D eigenvalue weighted by Gasteiger charge is 2.38. The zero-order valence-electron chi connectivity index (χ0n) is 9.00. The monoisotopic (exact) mass is 249 g/mol.